The fraction of sp³-hybridized carbons (Fsp3) is 0.381. The van der Waals surface area contributed by atoms with Gasteiger partial charge in [0.15, 0.2) is 11.4 Å². The van der Waals surface area contributed by atoms with Crippen LogP contribution >= 0.6 is 0 Å². The number of piperidine rings is 1. The quantitative estimate of drug-likeness (QED) is 0.845. The molecule has 1 saturated heterocycles. The fourth-order valence-corrected chi connectivity index (χ4v) is 5.02. The molecule has 2 fully saturated rings. The molecule has 2 aliphatic heterocycles. The van der Waals surface area contributed by atoms with Crippen LogP contribution < -0.4 is 10.7 Å². The van der Waals surface area contributed by atoms with Crippen LogP contribution in [0.3, 0.4) is 0 Å². The Morgan fingerprint density at radius 2 is 1.96 bits per heavy atom. The minimum atomic E-state index is -0.798. The van der Waals surface area contributed by atoms with Crippen molar-refractivity contribution in [2.75, 3.05) is 0 Å². The highest BCUT2D eigenvalue weighted by Gasteiger charge is 2.51. The summed E-state index contributed by atoms with van der Waals surface area (Å²) in [6.45, 7) is 0.787. The molecule has 1 aliphatic carbocycles. The summed E-state index contributed by atoms with van der Waals surface area (Å²) in [4.78, 5) is 40.0. The van der Waals surface area contributed by atoms with E-state index < -0.39 is 17.1 Å². The summed E-state index contributed by atoms with van der Waals surface area (Å²) < 4.78 is 1.60. The highest BCUT2D eigenvalue weighted by atomic mass is 16.3. The average molecular weight is 379 g/mol. The van der Waals surface area contributed by atoms with Crippen molar-refractivity contribution in [3.63, 3.8) is 0 Å². The second kappa shape index (κ2) is 6.22. The molecule has 3 unspecified atom stereocenters. The molecule has 7 nitrogen and oxygen atoms in total. The van der Waals surface area contributed by atoms with Crippen LogP contribution in [0, 0.1) is 5.92 Å². The van der Waals surface area contributed by atoms with Gasteiger partial charge in [-0.1, -0.05) is 30.3 Å². The SMILES string of the molecule is O=C(NCc1ccccc1)c1cn2c(c(O)c1=O)C(=O)N1C3CCC(C3)C1C2. The van der Waals surface area contributed by atoms with Crippen LogP contribution in [0.1, 0.15) is 45.7 Å². The lowest BCUT2D eigenvalue weighted by Crippen LogP contribution is -2.52. The number of aromatic nitrogens is 1. The summed E-state index contributed by atoms with van der Waals surface area (Å²) in [5.41, 5.74) is -0.0195. The largest absolute Gasteiger partial charge is 0.503 e. The van der Waals surface area contributed by atoms with Gasteiger partial charge < -0.3 is 19.9 Å². The van der Waals surface area contributed by atoms with E-state index >= 15 is 0 Å². The van der Waals surface area contributed by atoms with E-state index in [2.05, 4.69) is 5.32 Å². The topological polar surface area (TPSA) is 91.6 Å². The zero-order chi connectivity index (χ0) is 19.4. The number of aromatic hydroxyl groups is 1. The molecule has 2 bridgehead atoms. The normalized spacial score (nSPS) is 24.8. The van der Waals surface area contributed by atoms with Crippen molar-refractivity contribution in [2.24, 2.45) is 5.92 Å². The number of carbonyl (C=O) groups excluding carboxylic acids is 2. The van der Waals surface area contributed by atoms with Crippen LogP contribution in [0.4, 0.5) is 0 Å². The minimum absolute atomic E-state index is 0.00779. The molecule has 1 aromatic heterocycles. The van der Waals surface area contributed by atoms with Crippen molar-refractivity contribution in [3.05, 3.63) is 63.6 Å². The lowest BCUT2D eigenvalue weighted by molar-refractivity contribution is 0.0482. The van der Waals surface area contributed by atoms with E-state index in [9.17, 15) is 19.5 Å². The van der Waals surface area contributed by atoms with Crippen LogP contribution in [0.15, 0.2) is 41.3 Å². The molecule has 1 aromatic carbocycles. The van der Waals surface area contributed by atoms with Gasteiger partial charge in [-0.25, -0.2) is 0 Å². The molecule has 1 saturated carbocycles. The molecule has 3 heterocycles. The molecule has 2 N–H and O–H groups in total. The van der Waals surface area contributed by atoms with E-state index in [1.807, 2.05) is 35.2 Å². The zero-order valence-electron chi connectivity index (χ0n) is 15.3. The van der Waals surface area contributed by atoms with Crippen molar-refractivity contribution < 1.29 is 14.7 Å². The molecular weight excluding hydrogens is 358 g/mol. The Labute approximate surface area is 161 Å². The van der Waals surface area contributed by atoms with Crippen molar-refractivity contribution in [1.29, 1.82) is 0 Å². The van der Waals surface area contributed by atoms with Crippen LogP contribution in [-0.4, -0.2) is 38.5 Å². The van der Waals surface area contributed by atoms with Crippen LogP contribution in [0.2, 0.25) is 0 Å². The van der Waals surface area contributed by atoms with E-state index in [0.717, 1.165) is 24.8 Å². The zero-order valence-corrected chi connectivity index (χ0v) is 15.3. The van der Waals surface area contributed by atoms with E-state index in [-0.39, 0.29) is 35.8 Å². The van der Waals surface area contributed by atoms with Gasteiger partial charge in [0.1, 0.15) is 5.56 Å². The second-order valence-corrected chi connectivity index (χ2v) is 7.90. The number of carbonyl (C=O) groups is 2. The number of fused-ring (bicyclic) bond motifs is 6. The highest BCUT2D eigenvalue weighted by molar-refractivity contribution is 5.99. The molecule has 3 aliphatic rings. The minimum Gasteiger partial charge on any atom is -0.503 e. The first-order valence-electron chi connectivity index (χ1n) is 9.66. The Hall–Kier alpha value is -3.09. The third-order valence-corrected chi connectivity index (χ3v) is 6.36. The summed E-state index contributed by atoms with van der Waals surface area (Å²) in [5.74, 6) is -1.02. The van der Waals surface area contributed by atoms with Gasteiger partial charge in [-0.3, -0.25) is 14.4 Å². The Morgan fingerprint density at radius 3 is 2.75 bits per heavy atom. The van der Waals surface area contributed by atoms with Gasteiger partial charge in [0, 0.05) is 25.3 Å². The van der Waals surface area contributed by atoms with Gasteiger partial charge >= 0.3 is 0 Å². The molecule has 3 atom stereocenters. The van der Waals surface area contributed by atoms with Crippen LogP contribution in [0.25, 0.3) is 0 Å². The molecule has 2 aromatic rings. The number of hydrogen-bond donors (Lipinski definition) is 2. The van der Waals surface area contributed by atoms with E-state index in [1.165, 1.54) is 6.20 Å². The predicted molar refractivity (Wildman–Crippen MR) is 101 cm³/mol. The lowest BCUT2D eigenvalue weighted by Gasteiger charge is -2.40. The first-order chi connectivity index (χ1) is 13.5. The third-order valence-electron chi connectivity index (χ3n) is 6.36. The van der Waals surface area contributed by atoms with Gasteiger partial charge in [-0.15, -0.1) is 0 Å². The average Bonchev–Trinajstić information content (AvgIpc) is 3.31. The number of hydrogen-bond acceptors (Lipinski definition) is 4. The fourth-order valence-electron chi connectivity index (χ4n) is 5.02. The Balaban J connectivity index is 1.46. The maximum absolute atomic E-state index is 13.0. The predicted octanol–water partition coefficient (Wildman–Crippen LogP) is 1.49. The van der Waals surface area contributed by atoms with Gasteiger partial charge in [0.25, 0.3) is 11.8 Å². The maximum atomic E-state index is 13.0. The molecule has 2 amide bonds. The van der Waals surface area contributed by atoms with Crippen molar-refractivity contribution >= 4 is 11.8 Å². The number of pyridine rings is 1. The molecule has 144 valence electrons. The summed E-state index contributed by atoms with van der Waals surface area (Å²) in [7, 11) is 0. The first kappa shape index (κ1) is 17.0. The highest BCUT2D eigenvalue weighted by Crippen LogP contribution is 2.45. The number of rotatable bonds is 3. The Kier molecular flexibility index (Phi) is 3.79. The van der Waals surface area contributed by atoms with Crippen molar-refractivity contribution in [2.45, 2.75) is 44.4 Å². The molecule has 0 spiro atoms. The van der Waals surface area contributed by atoms with Crippen LogP contribution in [-0.2, 0) is 13.1 Å². The number of nitrogens with one attached hydrogen (secondary N) is 1. The summed E-state index contributed by atoms with van der Waals surface area (Å²) in [6.07, 6.45) is 4.50. The van der Waals surface area contributed by atoms with Crippen LogP contribution in [0.5, 0.6) is 5.75 Å². The Bertz CT molecular complexity index is 1030. The maximum Gasteiger partial charge on any atom is 0.275 e. The molecule has 0 radical (unpaired) electrons. The van der Waals surface area contributed by atoms with Crippen molar-refractivity contribution in [3.8, 4) is 5.75 Å². The van der Waals surface area contributed by atoms with E-state index in [4.69, 9.17) is 0 Å². The lowest BCUT2D eigenvalue weighted by atomic mass is 9.95. The van der Waals surface area contributed by atoms with Gasteiger partial charge in [-0.2, -0.15) is 0 Å². The molecule has 7 heteroatoms. The van der Waals surface area contributed by atoms with Gasteiger partial charge in [-0.05, 0) is 30.7 Å². The van der Waals surface area contributed by atoms with E-state index in [0.29, 0.717) is 12.5 Å². The van der Waals surface area contributed by atoms with E-state index in [1.54, 1.807) is 4.57 Å². The Morgan fingerprint density at radius 1 is 1.18 bits per heavy atom. The van der Waals surface area contributed by atoms with Gasteiger partial charge in [0.05, 0.1) is 6.04 Å². The summed E-state index contributed by atoms with van der Waals surface area (Å²) in [6, 6.07) is 9.66. The van der Waals surface area contributed by atoms with Crippen molar-refractivity contribution in [1.82, 2.24) is 14.8 Å². The molecule has 5 rings (SSSR count). The third kappa shape index (κ3) is 2.46. The summed E-state index contributed by atoms with van der Waals surface area (Å²) >= 11 is 0. The standard InChI is InChI=1S/C21H21N3O4/c25-18-15(20(27)22-9-12-4-2-1-3-5-12)10-23-11-16-13-6-7-14(8-13)24(16)21(28)17(23)19(18)26/h1-5,10,13-14,16,26H,6-9,11H2,(H,22,27). The second-order valence-electron chi connectivity index (χ2n) is 7.90. The molecular formula is C21H21N3O4. The summed E-state index contributed by atoms with van der Waals surface area (Å²) in [5, 5.41) is 13.2. The first-order valence-corrected chi connectivity index (χ1v) is 9.66. The number of nitrogens with zero attached hydrogens (tertiary/aromatic N) is 2. The monoisotopic (exact) mass is 379 g/mol. The number of benzene rings is 1. The van der Waals surface area contributed by atoms with Gasteiger partial charge in [0.2, 0.25) is 5.43 Å². The number of amides is 2. The smallest absolute Gasteiger partial charge is 0.275 e. The molecule has 28 heavy (non-hydrogen) atoms.